The largest absolute Gasteiger partial charge is 0.468 e. The predicted octanol–water partition coefficient (Wildman–Crippen LogP) is 4.11. The average Bonchev–Trinajstić information content (AvgIpc) is 3.24. The van der Waals surface area contributed by atoms with Gasteiger partial charge in [-0.25, -0.2) is 0 Å². The lowest BCUT2D eigenvalue weighted by atomic mass is 9.61. The zero-order valence-electron chi connectivity index (χ0n) is 17.3. The minimum Gasteiger partial charge on any atom is -0.468 e. The second-order valence-corrected chi connectivity index (χ2v) is 8.77. The molecule has 3 aromatic carbocycles. The van der Waals surface area contributed by atoms with Crippen LogP contribution in [0, 0.1) is 5.41 Å². The Morgan fingerprint density at radius 1 is 1.13 bits per heavy atom. The normalized spacial score (nSPS) is 26.0. The van der Waals surface area contributed by atoms with Gasteiger partial charge in [-0.3, -0.25) is 14.5 Å². The van der Waals surface area contributed by atoms with Crippen molar-refractivity contribution in [3.05, 3.63) is 82.4 Å². The number of hydrogen-bond acceptors (Lipinski definition) is 5. The number of methoxy groups -OCH3 is 1. The molecule has 3 aromatic rings. The lowest BCUT2D eigenvalue weighted by molar-refractivity contribution is -0.168. The molecule has 0 saturated carbocycles. The lowest BCUT2D eigenvalue weighted by Gasteiger charge is -2.46. The lowest BCUT2D eigenvalue weighted by Crippen LogP contribution is -2.59. The van der Waals surface area contributed by atoms with Crippen molar-refractivity contribution in [1.29, 1.82) is 0 Å². The quantitative estimate of drug-likeness (QED) is 0.627. The maximum absolute atomic E-state index is 14.2. The van der Waals surface area contributed by atoms with E-state index < -0.39 is 23.0 Å². The molecule has 31 heavy (non-hydrogen) atoms. The summed E-state index contributed by atoms with van der Waals surface area (Å²) >= 11 is 6.05. The van der Waals surface area contributed by atoms with Gasteiger partial charge in [0.1, 0.15) is 11.0 Å². The number of nitrogens with zero attached hydrogens (tertiary/aromatic N) is 1. The number of aliphatic hydroxyl groups is 1. The number of likely N-dealkylation sites (N-methyl/N-ethyl adjacent to an activating group) is 1. The molecule has 5 rings (SSSR count). The molecule has 1 spiro atoms. The van der Waals surface area contributed by atoms with Crippen LogP contribution in [0.15, 0.2) is 60.7 Å². The molecular formula is C25H22ClNO4. The number of halogens is 1. The van der Waals surface area contributed by atoms with Crippen molar-refractivity contribution in [1.82, 2.24) is 4.90 Å². The first-order chi connectivity index (χ1) is 14.9. The third kappa shape index (κ3) is 2.34. The fraction of sp³-hybridized carbons (Fsp3) is 0.280. The van der Waals surface area contributed by atoms with Crippen LogP contribution in [0.25, 0.3) is 10.8 Å². The number of fused-ring (bicyclic) bond motifs is 1. The molecule has 1 N–H and O–H groups in total. The number of likely N-dealkylation sites (tertiary alicyclic amines) is 1. The maximum Gasteiger partial charge on any atom is 0.317 e. The van der Waals surface area contributed by atoms with Crippen LogP contribution in [0.3, 0.4) is 0 Å². The minimum absolute atomic E-state index is 0.183. The number of ether oxygens (including phenoxy) is 1. The summed E-state index contributed by atoms with van der Waals surface area (Å²) < 4.78 is 5.28. The molecule has 3 unspecified atom stereocenters. The fourth-order valence-electron chi connectivity index (χ4n) is 5.81. The number of esters is 1. The standard InChI is InChI=1S/C25H22ClNO4/c1-27-14-13-24(23(30)31-2,21(28)16-9-11-17(26)12-10-16)25(27)19-8-4-6-15-5-3-7-18(20(15)19)22(25)29/h3-12,21,28H,13-14H2,1-2H3. The van der Waals surface area contributed by atoms with Crippen molar-refractivity contribution in [2.24, 2.45) is 5.41 Å². The van der Waals surface area contributed by atoms with Gasteiger partial charge in [0.2, 0.25) is 0 Å². The first-order valence-electron chi connectivity index (χ1n) is 10.2. The summed E-state index contributed by atoms with van der Waals surface area (Å²) in [6.45, 7) is 0.454. The molecule has 0 radical (unpaired) electrons. The van der Waals surface area contributed by atoms with Gasteiger partial charge in [-0.15, -0.1) is 0 Å². The maximum atomic E-state index is 14.2. The Bertz CT molecular complexity index is 1220. The molecule has 0 amide bonds. The second kappa shape index (κ2) is 6.89. The molecular weight excluding hydrogens is 414 g/mol. The summed E-state index contributed by atoms with van der Waals surface area (Å²) in [5, 5.41) is 14.0. The highest BCUT2D eigenvalue weighted by Gasteiger charge is 2.73. The van der Waals surface area contributed by atoms with Crippen molar-refractivity contribution in [3.63, 3.8) is 0 Å². The van der Waals surface area contributed by atoms with Gasteiger partial charge in [-0.2, -0.15) is 0 Å². The van der Waals surface area contributed by atoms with Crippen molar-refractivity contribution in [2.75, 3.05) is 20.7 Å². The number of carbonyl (C=O) groups is 2. The Morgan fingerprint density at radius 2 is 1.81 bits per heavy atom. The van der Waals surface area contributed by atoms with E-state index in [-0.39, 0.29) is 12.2 Å². The molecule has 1 heterocycles. The van der Waals surface area contributed by atoms with Gasteiger partial charge in [-0.05, 0) is 47.5 Å². The van der Waals surface area contributed by atoms with Crippen molar-refractivity contribution in [2.45, 2.75) is 18.1 Å². The Morgan fingerprint density at radius 3 is 2.48 bits per heavy atom. The Hall–Kier alpha value is -2.73. The molecule has 1 saturated heterocycles. The van der Waals surface area contributed by atoms with E-state index in [9.17, 15) is 14.7 Å². The molecule has 1 aliphatic heterocycles. The van der Waals surface area contributed by atoms with Gasteiger partial charge < -0.3 is 9.84 Å². The van der Waals surface area contributed by atoms with Gasteiger partial charge in [0.25, 0.3) is 0 Å². The number of aliphatic hydroxyl groups excluding tert-OH is 1. The third-order valence-electron chi connectivity index (χ3n) is 7.13. The second-order valence-electron chi connectivity index (χ2n) is 8.34. The highest BCUT2D eigenvalue weighted by molar-refractivity contribution is 6.30. The van der Waals surface area contributed by atoms with E-state index in [4.69, 9.17) is 16.3 Å². The highest BCUT2D eigenvalue weighted by atomic mass is 35.5. The first-order valence-corrected chi connectivity index (χ1v) is 10.6. The van der Waals surface area contributed by atoms with Crippen LogP contribution in [-0.4, -0.2) is 42.5 Å². The number of hydrogen-bond donors (Lipinski definition) is 1. The Kier molecular flexibility index (Phi) is 4.49. The van der Waals surface area contributed by atoms with E-state index in [0.29, 0.717) is 22.7 Å². The molecule has 1 aliphatic carbocycles. The minimum atomic E-state index is -1.52. The molecule has 0 aromatic heterocycles. The van der Waals surface area contributed by atoms with Gasteiger partial charge in [0.05, 0.1) is 13.2 Å². The van der Waals surface area contributed by atoms with Crippen LogP contribution in [0.4, 0.5) is 0 Å². The molecule has 2 aliphatic rings. The first kappa shape index (κ1) is 20.2. The Labute approximate surface area is 185 Å². The van der Waals surface area contributed by atoms with E-state index in [0.717, 1.165) is 16.3 Å². The molecule has 0 bridgehead atoms. The number of ketones is 1. The monoisotopic (exact) mass is 435 g/mol. The van der Waals surface area contributed by atoms with Gasteiger partial charge in [0.15, 0.2) is 5.78 Å². The zero-order chi connectivity index (χ0) is 22.0. The molecule has 5 nitrogen and oxygen atoms in total. The summed E-state index contributed by atoms with van der Waals surface area (Å²) in [7, 11) is 3.14. The number of carbonyl (C=O) groups excluding carboxylic acids is 2. The zero-order valence-corrected chi connectivity index (χ0v) is 18.0. The summed E-state index contributed by atoms with van der Waals surface area (Å²) in [6.07, 6.45) is -0.994. The fourth-order valence-corrected chi connectivity index (χ4v) is 5.94. The van der Waals surface area contributed by atoms with Crippen molar-refractivity contribution < 1.29 is 19.4 Å². The number of rotatable bonds is 3. The average molecular weight is 436 g/mol. The molecule has 158 valence electrons. The van der Waals surface area contributed by atoms with Crippen LogP contribution in [0.5, 0.6) is 0 Å². The van der Waals surface area contributed by atoms with Crippen molar-refractivity contribution in [3.8, 4) is 0 Å². The third-order valence-corrected chi connectivity index (χ3v) is 7.38. The van der Waals surface area contributed by atoms with Crippen LogP contribution >= 0.6 is 11.6 Å². The van der Waals surface area contributed by atoms with E-state index >= 15 is 0 Å². The topological polar surface area (TPSA) is 66.8 Å². The predicted molar refractivity (Wildman–Crippen MR) is 118 cm³/mol. The highest BCUT2D eigenvalue weighted by Crippen LogP contribution is 2.63. The summed E-state index contributed by atoms with van der Waals surface area (Å²) in [6, 6.07) is 18.1. The summed E-state index contributed by atoms with van der Waals surface area (Å²) in [5.74, 6) is -0.782. The summed E-state index contributed by atoms with van der Waals surface area (Å²) in [4.78, 5) is 29.6. The smallest absolute Gasteiger partial charge is 0.317 e. The van der Waals surface area contributed by atoms with Gasteiger partial charge >= 0.3 is 5.97 Å². The van der Waals surface area contributed by atoms with Crippen LogP contribution in [-0.2, 0) is 15.1 Å². The van der Waals surface area contributed by atoms with Gasteiger partial charge in [0, 0.05) is 17.1 Å². The molecule has 3 atom stereocenters. The molecule has 1 fully saturated rings. The van der Waals surface area contributed by atoms with Crippen LogP contribution in [0.1, 0.15) is 34.0 Å². The number of benzene rings is 3. The van der Waals surface area contributed by atoms with Crippen LogP contribution in [0.2, 0.25) is 5.02 Å². The SMILES string of the molecule is COC(=O)C1(C(O)c2ccc(Cl)cc2)CCN(C)C12C(=O)c1cccc3cccc2c13. The molecule has 6 heteroatoms. The summed E-state index contributed by atoms with van der Waals surface area (Å²) in [5.41, 5.74) is -1.07. The van der Waals surface area contributed by atoms with Crippen molar-refractivity contribution >= 4 is 34.1 Å². The van der Waals surface area contributed by atoms with E-state index in [1.807, 2.05) is 42.3 Å². The van der Waals surface area contributed by atoms with E-state index in [1.54, 1.807) is 30.3 Å². The number of Topliss-reactive ketones (excluding diaryl/α,β-unsaturated/α-hetero) is 1. The van der Waals surface area contributed by atoms with Crippen LogP contribution < -0.4 is 0 Å². The van der Waals surface area contributed by atoms with E-state index in [2.05, 4.69) is 0 Å². The van der Waals surface area contributed by atoms with Gasteiger partial charge in [-0.1, -0.05) is 60.1 Å². The Balaban J connectivity index is 1.85. The van der Waals surface area contributed by atoms with E-state index in [1.165, 1.54) is 7.11 Å².